The third-order valence-electron chi connectivity index (χ3n) is 3.98. The van der Waals surface area contributed by atoms with Crippen LogP contribution in [0.2, 0.25) is 0 Å². The number of aromatic nitrogens is 2. The molecule has 9 heteroatoms. The van der Waals surface area contributed by atoms with Crippen LogP contribution in [0.4, 0.5) is 0 Å². The Kier molecular flexibility index (Phi) is 4.78. The largest absolute Gasteiger partial charge is 0.507 e. The fourth-order valence-electron chi connectivity index (χ4n) is 2.60. The number of aromatic carboxylic acids is 1. The Bertz CT molecular complexity index is 1080. The number of benzene rings is 2. The van der Waals surface area contributed by atoms with Gasteiger partial charge in [0.15, 0.2) is 0 Å². The number of aliphatic imine (C=N–C) groups is 1. The fourth-order valence-corrected chi connectivity index (χ4v) is 2.60. The topological polar surface area (TPSA) is 139 Å². The number of hydrogen-bond acceptors (Lipinski definition) is 8. The van der Waals surface area contributed by atoms with Gasteiger partial charge in [0, 0.05) is 18.8 Å². The lowest BCUT2D eigenvalue weighted by atomic mass is 10.1. The molecule has 0 aliphatic heterocycles. The minimum absolute atomic E-state index is 0.00228. The quantitative estimate of drug-likeness (QED) is 0.392. The first-order valence-electron chi connectivity index (χ1n) is 8.05. The van der Waals surface area contributed by atoms with Crippen molar-refractivity contribution in [1.29, 1.82) is 0 Å². The third kappa shape index (κ3) is 3.44. The van der Waals surface area contributed by atoms with E-state index < -0.39 is 5.97 Å². The standard InChI is InChI=1S/C18H18N4O5/c1-22(2)6-5-19-8-10-12(24)7-13(25)17-15(10)21-16-11(23)4-3-9(18(26)27)14(16)20-17/h3-4,7-8,23-25H,5-6H2,1-2H3,(H,26,27)/b19-8+. The van der Waals surface area contributed by atoms with E-state index in [9.17, 15) is 25.2 Å². The van der Waals surface area contributed by atoms with Crippen molar-refractivity contribution >= 4 is 34.3 Å². The molecule has 3 rings (SSSR count). The van der Waals surface area contributed by atoms with Crippen molar-refractivity contribution < 1.29 is 25.2 Å². The maximum absolute atomic E-state index is 11.4. The highest BCUT2D eigenvalue weighted by atomic mass is 16.4. The maximum Gasteiger partial charge on any atom is 0.337 e. The zero-order valence-electron chi connectivity index (χ0n) is 14.7. The Hall–Kier alpha value is -3.46. The molecule has 2 aromatic carbocycles. The van der Waals surface area contributed by atoms with Crippen molar-refractivity contribution in [3.63, 3.8) is 0 Å². The van der Waals surface area contributed by atoms with Gasteiger partial charge >= 0.3 is 5.97 Å². The second-order valence-corrected chi connectivity index (χ2v) is 6.22. The number of likely N-dealkylation sites (N-methyl/N-ethyl adjacent to an activating group) is 1. The summed E-state index contributed by atoms with van der Waals surface area (Å²) in [4.78, 5) is 26.0. The van der Waals surface area contributed by atoms with E-state index >= 15 is 0 Å². The molecule has 0 bridgehead atoms. The molecule has 0 atom stereocenters. The van der Waals surface area contributed by atoms with Crippen LogP contribution >= 0.6 is 0 Å². The van der Waals surface area contributed by atoms with E-state index in [1.54, 1.807) is 0 Å². The lowest BCUT2D eigenvalue weighted by molar-refractivity contribution is 0.0699. The van der Waals surface area contributed by atoms with Gasteiger partial charge in [-0.05, 0) is 26.2 Å². The van der Waals surface area contributed by atoms with Crippen LogP contribution in [0, 0.1) is 0 Å². The summed E-state index contributed by atoms with van der Waals surface area (Å²) >= 11 is 0. The Morgan fingerprint density at radius 1 is 1.04 bits per heavy atom. The molecule has 1 aromatic heterocycles. The summed E-state index contributed by atoms with van der Waals surface area (Å²) in [6, 6.07) is 3.51. The second kappa shape index (κ2) is 7.04. The predicted octanol–water partition coefficient (Wildman–Crippen LogP) is 1.58. The molecule has 0 aliphatic rings. The number of nitrogens with zero attached hydrogens (tertiary/aromatic N) is 4. The van der Waals surface area contributed by atoms with E-state index in [-0.39, 0.29) is 50.4 Å². The number of carboxylic acids is 1. The van der Waals surface area contributed by atoms with Gasteiger partial charge in [0.1, 0.15) is 39.3 Å². The third-order valence-corrected chi connectivity index (χ3v) is 3.98. The summed E-state index contributed by atoms with van der Waals surface area (Å²) in [6.07, 6.45) is 1.42. The zero-order valence-corrected chi connectivity index (χ0v) is 14.7. The number of phenolic OH excluding ortho intramolecular Hbond substituents is 3. The van der Waals surface area contributed by atoms with Crippen LogP contribution in [0.5, 0.6) is 17.2 Å². The molecule has 0 spiro atoms. The smallest absolute Gasteiger partial charge is 0.337 e. The molecule has 0 amide bonds. The van der Waals surface area contributed by atoms with E-state index in [1.807, 2.05) is 19.0 Å². The Balaban J connectivity index is 2.27. The Morgan fingerprint density at radius 2 is 1.70 bits per heavy atom. The first-order chi connectivity index (χ1) is 12.8. The number of carbonyl (C=O) groups is 1. The van der Waals surface area contributed by atoms with Gasteiger partial charge in [0.25, 0.3) is 0 Å². The highest BCUT2D eigenvalue weighted by molar-refractivity contribution is 6.08. The van der Waals surface area contributed by atoms with E-state index in [2.05, 4.69) is 15.0 Å². The number of aromatic hydroxyl groups is 3. The molecule has 0 fully saturated rings. The molecule has 4 N–H and O–H groups in total. The van der Waals surface area contributed by atoms with Crippen LogP contribution in [0.1, 0.15) is 15.9 Å². The summed E-state index contributed by atoms with van der Waals surface area (Å²) in [7, 11) is 3.81. The van der Waals surface area contributed by atoms with Crippen molar-refractivity contribution in [3.8, 4) is 17.2 Å². The minimum Gasteiger partial charge on any atom is -0.507 e. The molecule has 0 saturated heterocycles. The molecule has 9 nitrogen and oxygen atoms in total. The van der Waals surface area contributed by atoms with Gasteiger partial charge in [-0.15, -0.1) is 0 Å². The molecule has 27 heavy (non-hydrogen) atoms. The molecule has 0 radical (unpaired) electrons. The van der Waals surface area contributed by atoms with Crippen LogP contribution in [0.3, 0.4) is 0 Å². The number of phenols is 3. The van der Waals surface area contributed by atoms with Gasteiger partial charge in [-0.25, -0.2) is 14.8 Å². The Morgan fingerprint density at radius 3 is 2.37 bits per heavy atom. The van der Waals surface area contributed by atoms with E-state index in [0.29, 0.717) is 13.1 Å². The van der Waals surface area contributed by atoms with Gasteiger partial charge in [-0.1, -0.05) is 0 Å². The maximum atomic E-state index is 11.4. The SMILES string of the molecule is CN(C)CC/N=C/c1c(O)cc(O)c2nc3c(C(=O)O)ccc(O)c3nc12. The molecule has 140 valence electrons. The van der Waals surface area contributed by atoms with E-state index in [4.69, 9.17) is 0 Å². The van der Waals surface area contributed by atoms with Crippen LogP contribution < -0.4 is 0 Å². The lowest BCUT2D eigenvalue weighted by Gasteiger charge is -2.10. The summed E-state index contributed by atoms with van der Waals surface area (Å²) in [5.41, 5.74) is 0.0534. The van der Waals surface area contributed by atoms with Gasteiger partial charge < -0.3 is 25.3 Å². The monoisotopic (exact) mass is 370 g/mol. The van der Waals surface area contributed by atoms with E-state index in [1.165, 1.54) is 18.3 Å². The van der Waals surface area contributed by atoms with Gasteiger partial charge in [0.05, 0.1) is 17.7 Å². The highest BCUT2D eigenvalue weighted by Crippen LogP contribution is 2.35. The molecule has 0 unspecified atom stereocenters. The zero-order chi connectivity index (χ0) is 19.7. The first kappa shape index (κ1) is 18.3. The number of carboxylic acid groups (broad SMARTS) is 1. The number of rotatable bonds is 5. The normalized spacial score (nSPS) is 11.8. The molecular formula is C18H18N4O5. The highest BCUT2D eigenvalue weighted by Gasteiger charge is 2.19. The minimum atomic E-state index is -1.24. The average molecular weight is 370 g/mol. The molecular weight excluding hydrogens is 352 g/mol. The molecule has 0 aliphatic carbocycles. The molecule has 1 heterocycles. The van der Waals surface area contributed by atoms with Crippen molar-refractivity contribution in [2.24, 2.45) is 4.99 Å². The van der Waals surface area contributed by atoms with Crippen LogP contribution in [-0.4, -0.2) is 74.7 Å². The molecule has 3 aromatic rings. The molecule has 0 saturated carbocycles. The van der Waals surface area contributed by atoms with Crippen molar-refractivity contribution in [2.45, 2.75) is 0 Å². The van der Waals surface area contributed by atoms with Crippen molar-refractivity contribution in [2.75, 3.05) is 27.2 Å². The first-order valence-corrected chi connectivity index (χ1v) is 8.05. The van der Waals surface area contributed by atoms with Crippen molar-refractivity contribution in [1.82, 2.24) is 14.9 Å². The van der Waals surface area contributed by atoms with Crippen LogP contribution in [0.15, 0.2) is 23.2 Å². The van der Waals surface area contributed by atoms with E-state index in [0.717, 1.165) is 6.07 Å². The summed E-state index contributed by atoms with van der Waals surface area (Å²) in [5.74, 6) is -2.11. The van der Waals surface area contributed by atoms with Crippen LogP contribution in [-0.2, 0) is 0 Å². The lowest BCUT2D eigenvalue weighted by Crippen LogP contribution is -2.15. The van der Waals surface area contributed by atoms with Gasteiger partial charge in [-0.2, -0.15) is 0 Å². The average Bonchev–Trinajstić information content (AvgIpc) is 2.60. The summed E-state index contributed by atoms with van der Waals surface area (Å²) in [5, 5.41) is 39.8. The summed E-state index contributed by atoms with van der Waals surface area (Å²) in [6.45, 7) is 1.18. The second-order valence-electron chi connectivity index (χ2n) is 6.22. The summed E-state index contributed by atoms with van der Waals surface area (Å²) < 4.78 is 0. The van der Waals surface area contributed by atoms with Crippen molar-refractivity contribution in [3.05, 3.63) is 29.3 Å². The number of hydrogen-bond donors (Lipinski definition) is 4. The van der Waals surface area contributed by atoms with Gasteiger partial charge in [0.2, 0.25) is 0 Å². The Labute approximate surface area is 153 Å². The fraction of sp³-hybridized carbons (Fsp3) is 0.222. The van der Waals surface area contributed by atoms with Crippen LogP contribution in [0.25, 0.3) is 22.1 Å². The predicted molar refractivity (Wildman–Crippen MR) is 100 cm³/mol. The van der Waals surface area contributed by atoms with Gasteiger partial charge in [-0.3, -0.25) is 4.99 Å². The number of fused-ring (bicyclic) bond motifs is 2.